The van der Waals surface area contributed by atoms with Crippen molar-refractivity contribution in [2.45, 2.75) is 32.3 Å². The van der Waals surface area contributed by atoms with Crippen LogP contribution in [0, 0.1) is 10.1 Å². The Hall–Kier alpha value is -2.57. The average Bonchev–Trinajstić information content (AvgIpc) is 2.87. The molecule has 2 heterocycles. The number of esters is 1. The molecule has 116 valence electrons. The molecule has 1 fully saturated rings. The van der Waals surface area contributed by atoms with Gasteiger partial charge in [0.25, 0.3) is 5.69 Å². The van der Waals surface area contributed by atoms with Crippen molar-refractivity contribution < 1.29 is 23.9 Å². The number of nitro benzene ring substituents is 1. The second kappa shape index (κ2) is 5.01. The number of carbonyl (C=O) groups is 1. The minimum atomic E-state index is -0.507. The van der Waals surface area contributed by atoms with Crippen LogP contribution in [-0.2, 0) is 9.53 Å². The summed E-state index contributed by atoms with van der Waals surface area (Å²) >= 11 is 0. The Morgan fingerprint density at radius 2 is 1.95 bits per heavy atom. The Labute approximate surface area is 126 Å². The summed E-state index contributed by atoms with van der Waals surface area (Å²) in [5.41, 5.74) is 0.0893. The number of nitro groups is 1. The van der Waals surface area contributed by atoms with Crippen molar-refractivity contribution in [2.24, 2.45) is 0 Å². The van der Waals surface area contributed by atoms with Crippen LogP contribution in [-0.4, -0.2) is 23.3 Å². The average molecular weight is 305 g/mol. The number of ether oxygens (including phenoxy) is 3. The molecule has 0 aromatic heterocycles. The van der Waals surface area contributed by atoms with Crippen LogP contribution in [0.3, 0.4) is 0 Å². The summed E-state index contributed by atoms with van der Waals surface area (Å²) in [6.07, 6.45) is 2.68. The van der Waals surface area contributed by atoms with Crippen LogP contribution < -0.4 is 9.47 Å². The van der Waals surface area contributed by atoms with Gasteiger partial charge in [-0.25, -0.2) is 4.79 Å². The molecule has 22 heavy (non-hydrogen) atoms. The highest BCUT2D eigenvalue weighted by Crippen LogP contribution is 2.39. The minimum absolute atomic E-state index is 0.0305. The van der Waals surface area contributed by atoms with E-state index >= 15 is 0 Å². The van der Waals surface area contributed by atoms with Gasteiger partial charge in [0.2, 0.25) is 6.79 Å². The lowest BCUT2D eigenvalue weighted by Gasteiger charge is -2.30. The normalized spacial score (nSPS) is 20.8. The van der Waals surface area contributed by atoms with Gasteiger partial charge in [-0.2, -0.15) is 0 Å². The second-order valence-electron chi connectivity index (χ2n) is 5.84. The Morgan fingerprint density at radius 1 is 1.27 bits per heavy atom. The van der Waals surface area contributed by atoms with Crippen LogP contribution in [0.15, 0.2) is 17.7 Å². The molecule has 0 unspecified atom stereocenters. The van der Waals surface area contributed by atoms with Crippen molar-refractivity contribution in [3.8, 4) is 11.5 Å². The van der Waals surface area contributed by atoms with Crippen molar-refractivity contribution in [3.63, 3.8) is 0 Å². The van der Waals surface area contributed by atoms with E-state index in [0.717, 1.165) is 0 Å². The van der Waals surface area contributed by atoms with Crippen molar-refractivity contribution in [3.05, 3.63) is 33.4 Å². The SMILES string of the molecule is CC1(C)CC/C(=C\c2cc3c(cc2[N+](=O)[O-])OCO3)C(=O)O1. The number of hydrogen-bond donors (Lipinski definition) is 0. The lowest BCUT2D eigenvalue weighted by Crippen LogP contribution is -2.33. The number of nitrogens with zero attached hydrogens (tertiary/aromatic N) is 1. The van der Waals surface area contributed by atoms with E-state index in [4.69, 9.17) is 14.2 Å². The first kappa shape index (κ1) is 14.4. The lowest BCUT2D eigenvalue weighted by atomic mass is 9.93. The van der Waals surface area contributed by atoms with E-state index in [-0.39, 0.29) is 12.5 Å². The number of cyclic esters (lactones) is 1. The third kappa shape index (κ3) is 2.61. The molecule has 7 nitrogen and oxygen atoms in total. The van der Waals surface area contributed by atoms with E-state index in [2.05, 4.69) is 0 Å². The molecule has 0 spiro atoms. The summed E-state index contributed by atoms with van der Waals surface area (Å²) in [7, 11) is 0. The number of hydrogen-bond acceptors (Lipinski definition) is 6. The molecule has 3 rings (SSSR count). The van der Waals surface area contributed by atoms with Gasteiger partial charge in [-0.05, 0) is 38.8 Å². The molecule has 2 aliphatic heterocycles. The van der Waals surface area contributed by atoms with Gasteiger partial charge in [-0.1, -0.05) is 0 Å². The first-order valence-electron chi connectivity index (χ1n) is 6.88. The fourth-order valence-electron chi connectivity index (χ4n) is 2.44. The predicted molar refractivity (Wildman–Crippen MR) is 76.6 cm³/mol. The molecule has 0 radical (unpaired) electrons. The molecule has 0 amide bonds. The molecule has 2 aliphatic rings. The number of carbonyl (C=O) groups excluding carboxylic acids is 1. The van der Waals surface area contributed by atoms with E-state index in [0.29, 0.717) is 35.5 Å². The molecular formula is C15H15NO6. The molecule has 0 N–H and O–H groups in total. The van der Waals surface area contributed by atoms with Crippen molar-refractivity contribution in [1.29, 1.82) is 0 Å². The van der Waals surface area contributed by atoms with Gasteiger partial charge in [0, 0.05) is 5.57 Å². The quantitative estimate of drug-likeness (QED) is 0.361. The standard InChI is InChI=1S/C15H15NO6/c1-15(2)4-3-9(14(17)22-15)5-10-6-12-13(21-8-20-12)7-11(10)16(18)19/h5-7H,3-4,8H2,1-2H3/b9-5+. The van der Waals surface area contributed by atoms with Gasteiger partial charge in [0.05, 0.1) is 16.6 Å². The number of benzene rings is 1. The highest BCUT2D eigenvalue weighted by molar-refractivity contribution is 5.95. The zero-order valence-corrected chi connectivity index (χ0v) is 12.3. The maximum Gasteiger partial charge on any atom is 0.334 e. The van der Waals surface area contributed by atoms with Gasteiger partial charge in [-0.15, -0.1) is 0 Å². The minimum Gasteiger partial charge on any atom is -0.456 e. The van der Waals surface area contributed by atoms with Gasteiger partial charge in [0.15, 0.2) is 11.5 Å². The topological polar surface area (TPSA) is 87.9 Å². The Morgan fingerprint density at radius 3 is 2.59 bits per heavy atom. The molecular weight excluding hydrogens is 290 g/mol. The van der Waals surface area contributed by atoms with E-state index in [1.165, 1.54) is 18.2 Å². The largest absolute Gasteiger partial charge is 0.456 e. The van der Waals surface area contributed by atoms with E-state index in [1.54, 1.807) is 0 Å². The van der Waals surface area contributed by atoms with Crippen LogP contribution in [0.2, 0.25) is 0 Å². The lowest BCUT2D eigenvalue weighted by molar-refractivity contribution is -0.385. The third-order valence-corrected chi connectivity index (χ3v) is 3.68. The highest BCUT2D eigenvalue weighted by Gasteiger charge is 2.32. The summed E-state index contributed by atoms with van der Waals surface area (Å²) in [6, 6.07) is 2.83. The molecule has 1 saturated heterocycles. The summed E-state index contributed by atoms with van der Waals surface area (Å²) < 4.78 is 15.7. The Kier molecular flexibility index (Phi) is 3.27. The molecule has 0 aliphatic carbocycles. The van der Waals surface area contributed by atoms with E-state index in [1.807, 2.05) is 13.8 Å². The Balaban J connectivity index is 2.00. The first-order valence-corrected chi connectivity index (χ1v) is 6.88. The molecule has 1 aromatic rings. The fraction of sp³-hybridized carbons (Fsp3) is 0.400. The molecule has 0 bridgehead atoms. The van der Waals surface area contributed by atoms with Crippen LogP contribution >= 0.6 is 0 Å². The van der Waals surface area contributed by atoms with Gasteiger partial charge >= 0.3 is 5.97 Å². The van der Waals surface area contributed by atoms with Crippen molar-refractivity contribution in [1.82, 2.24) is 0 Å². The van der Waals surface area contributed by atoms with Crippen LogP contribution in [0.4, 0.5) is 5.69 Å². The maximum absolute atomic E-state index is 12.0. The molecule has 0 saturated carbocycles. The summed E-state index contributed by atoms with van der Waals surface area (Å²) in [5, 5.41) is 11.2. The van der Waals surface area contributed by atoms with Crippen LogP contribution in [0.5, 0.6) is 11.5 Å². The summed E-state index contributed by atoms with van der Waals surface area (Å²) in [6.45, 7) is 3.71. The van der Waals surface area contributed by atoms with Gasteiger partial charge in [-0.3, -0.25) is 10.1 Å². The van der Waals surface area contributed by atoms with Crippen molar-refractivity contribution >= 4 is 17.7 Å². The number of fused-ring (bicyclic) bond motifs is 1. The van der Waals surface area contributed by atoms with Crippen LogP contribution in [0.25, 0.3) is 6.08 Å². The highest BCUT2D eigenvalue weighted by atomic mass is 16.7. The van der Waals surface area contributed by atoms with Gasteiger partial charge < -0.3 is 14.2 Å². The molecule has 1 aromatic carbocycles. The zero-order chi connectivity index (χ0) is 15.9. The summed E-state index contributed by atoms with van der Waals surface area (Å²) in [5.74, 6) is 0.325. The Bertz CT molecular complexity index is 692. The van der Waals surface area contributed by atoms with Crippen LogP contribution in [0.1, 0.15) is 32.3 Å². The molecule has 0 atom stereocenters. The summed E-state index contributed by atoms with van der Waals surface area (Å²) in [4.78, 5) is 22.7. The van der Waals surface area contributed by atoms with Gasteiger partial charge in [0.1, 0.15) is 5.60 Å². The fourth-order valence-corrected chi connectivity index (χ4v) is 2.44. The van der Waals surface area contributed by atoms with Crippen molar-refractivity contribution in [2.75, 3.05) is 6.79 Å². The second-order valence-corrected chi connectivity index (χ2v) is 5.84. The smallest absolute Gasteiger partial charge is 0.334 e. The van der Waals surface area contributed by atoms with E-state index < -0.39 is 16.5 Å². The third-order valence-electron chi connectivity index (χ3n) is 3.68. The maximum atomic E-state index is 12.0. The zero-order valence-electron chi connectivity index (χ0n) is 12.3. The predicted octanol–water partition coefficient (Wildman–Crippen LogP) is 2.82. The van der Waals surface area contributed by atoms with E-state index in [9.17, 15) is 14.9 Å². The first-order chi connectivity index (χ1) is 10.4. The molecule has 7 heteroatoms. The number of rotatable bonds is 2. The monoisotopic (exact) mass is 305 g/mol.